The van der Waals surface area contributed by atoms with Crippen LogP contribution in [0.25, 0.3) is 108 Å². The smallest absolute Gasteiger partial charge is 0.162 e. The number of fused-ring (bicyclic) bond motifs is 12. The van der Waals surface area contributed by atoms with Crippen molar-refractivity contribution in [1.29, 1.82) is 0 Å². The zero-order valence-corrected chi connectivity index (χ0v) is 29.2. The van der Waals surface area contributed by atoms with Gasteiger partial charge in [-0.25, -0.2) is 9.97 Å². The molecular weight excluding hydrogens is 665 g/mol. The van der Waals surface area contributed by atoms with Crippen molar-refractivity contribution >= 4 is 96.8 Å². The molecule has 4 aromatic heterocycles. The molecule has 0 amide bonds. The third-order valence-electron chi connectivity index (χ3n) is 10.9. The Balaban J connectivity index is 1.18. The highest BCUT2D eigenvalue weighted by Crippen LogP contribution is 2.46. The van der Waals surface area contributed by atoms with Crippen LogP contribution in [-0.4, -0.2) is 19.1 Å². The second-order valence-electron chi connectivity index (χ2n) is 13.8. The van der Waals surface area contributed by atoms with Crippen LogP contribution in [-0.2, 0) is 0 Å². The molecule has 0 saturated carbocycles. The number of benzene rings is 8. The molecule has 4 nitrogen and oxygen atoms in total. The minimum atomic E-state index is 0.721. The largest absolute Gasteiger partial charge is 0.309 e. The summed E-state index contributed by atoms with van der Waals surface area (Å²) in [6.07, 6.45) is 0. The molecule has 0 aliphatic rings. The normalized spacial score (nSPS) is 12.2. The minimum absolute atomic E-state index is 0.721. The molecule has 0 N–H and O–H groups in total. The van der Waals surface area contributed by atoms with Gasteiger partial charge < -0.3 is 4.57 Å². The zero-order valence-electron chi connectivity index (χ0n) is 28.4. The molecule has 0 radical (unpaired) electrons. The first-order valence-electron chi connectivity index (χ1n) is 17.9. The standard InChI is InChI=1S/C48H28N4S/c1-2-14-30(15-3-1)47-49-38-21-9-6-19-34(38)48(50-47)52-41-23-11-8-20-35(41)45-42(52)26-25-33-37-27-36-32-18-7-10-22-40(32)51(43(36)28-44(37)53-46(33)45)39-24-12-16-29-13-4-5-17-31(29)39/h1-28H. The molecule has 0 aliphatic carbocycles. The van der Waals surface area contributed by atoms with E-state index in [1.807, 2.05) is 29.5 Å². The first-order valence-corrected chi connectivity index (χ1v) is 18.7. The van der Waals surface area contributed by atoms with E-state index in [-0.39, 0.29) is 0 Å². The van der Waals surface area contributed by atoms with Crippen LogP contribution >= 0.6 is 11.3 Å². The minimum Gasteiger partial charge on any atom is -0.309 e. The Morgan fingerprint density at radius 1 is 0.415 bits per heavy atom. The lowest BCUT2D eigenvalue weighted by molar-refractivity contribution is 1.08. The molecule has 53 heavy (non-hydrogen) atoms. The van der Waals surface area contributed by atoms with Crippen molar-refractivity contribution in [1.82, 2.24) is 19.1 Å². The fraction of sp³-hybridized carbons (Fsp3) is 0. The van der Waals surface area contributed by atoms with E-state index < -0.39 is 0 Å². The quantitative estimate of drug-likeness (QED) is 0.185. The third-order valence-corrected chi connectivity index (χ3v) is 12.1. The first-order chi connectivity index (χ1) is 26.3. The van der Waals surface area contributed by atoms with Crippen molar-refractivity contribution in [2.45, 2.75) is 0 Å². The molecule has 0 bridgehead atoms. The molecule has 0 unspecified atom stereocenters. The Morgan fingerprint density at radius 3 is 1.98 bits per heavy atom. The van der Waals surface area contributed by atoms with E-state index in [4.69, 9.17) is 9.97 Å². The Kier molecular flexibility index (Phi) is 5.90. The van der Waals surface area contributed by atoms with Crippen LogP contribution < -0.4 is 0 Å². The van der Waals surface area contributed by atoms with Crippen molar-refractivity contribution < 1.29 is 0 Å². The number of para-hydroxylation sites is 3. The van der Waals surface area contributed by atoms with Gasteiger partial charge >= 0.3 is 0 Å². The number of aromatic nitrogens is 4. The summed E-state index contributed by atoms with van der Waals surface area (Å²) >= 11 is 1.89. The van der Waals surface area contributed by atoms with Gasteiger partial charge in [-0.15, -0.1) is 11.3 Å². The second-order valence-corrected chi connectivity index (χ2v) is 14.8. The summed E-state index contributed by atoms with van der Waals surface area (Å²) in [5.41, 5.74) is 7.85. The molecule has 0 saturated heterocycles. The molecule has 12 rings (SSSR count). The van der Waals surface area contributed by atoms with Gasteiger partial charge in [0, 0.05) is 58.1 Å². The fourth-order valence-electron chi connectivity index (χ4n) is 8.59. The average Bonchev–Trinajstić information content (AvgIpc) is 3.87. The monoisotopic (exact) mass is 692 g/mol. The summed E-state index contributed by atoms with van der Waals surface area (Å²) in [5, 5.41) is 11.1. The van der Waals surface area contributed by atoms with E-state index in [0.717, 1.165) is 39.1 Å². The zero-order chi connectivity index (χ0) is 34.6. The van der Waals surface area contributed by atoms with Gasteiger partial charge in [0.25, 0.3) is 0 Å². The van der Waals surface area contributed by atoms with Gasteiger partial charge in [-0.3, -0.25) is 4.57 Å². The van der Waals surface area contributed by atoms with Gasteiger partial charge in [0.15, 0.2) is 5.82 Å². The maximum atomic E-state index is 5.31. The highest BCUT2D eigenvalue weighted by atomic mass is 32.1. The van der Waals surface area contributed by atoms with Gasteiger partial charge in [-0.05, 0) is 53.9 Å². The predicted molar refractivity (Wildman–Crippen MR) is 224 cm³/mol. The van der Waals surface area contributed by atoms with Crippen LogP contribution in [0.4, 0.5) is 0 Å². The lowest BCUT2D eigenvalue weighted by Crippen LogP contribution is -2.02. The maximum Gasteiger partial charge on any atom is 0.162 e. The molecular formula is C48H28N4S. The van der Waals surface area contributed by atoms with E-state index in [2.05, 4.69) is 161 Å². The topological polar surface area (TPSA) is 35.6 Å². The van der Waals surface area contributed by atoms with Crippen molar-refractivity contribution in [3.05, 3.63) is 170 Å². The number of rotatable bonds is 3. The lowest BCUT2D eigenvalue weighted by Gasteiger charge is -2.12. The SMILES string of the molecule is c1ccc(-c2nc(-n3c4ccccc4c4c5sc6cc7c(cc6c5ccc43)c3ccccc3n7-c3cccc4ccccc34)c3ccccc3n2)cc1. The summed E-state index contributed by atoms with van der Waals surface area (Å²) in [6, 6.07) is 61.0. The molecule has 8 aromatic carbocycles. The second kappa shape index (κ2) is 10.8. The van der Waals surface area contributed by atoms with E-state index >= 15 is 0 Å². The molecule has 246 valence electrons. The number of nitrogens with zero attached hydrogens (tertiary/aromatic N) is 4. The molecule has 0 spiro atoms. The van der Waals surface area contributed by atoms with Crippen molar-refractivity contribution in [2.24, 2.45) is 0 Å². The van der Waals surface area contributed by atoms with Crippen molar-refractivity contribution in [3.8, 4) is 22.9 Å². The lowest BCUT2D eigenvalue weighted by atomic mass is 10.1. The van der Waals surface area contributed by atoms with Crippen molar-refractivity contribution in [3.63, 3.8) is 0 Å². The van der Waals surface area contributed by atoms with Gasteiger partial charge in [-0.2, -0.15) is 0 Å². The Bertz CT molecular complexity index is 3450. The van der Waals surface area contributed by atoms with Gasteiger partial charge in [0.1, 0.15) is 5.82 Å². The highest BCUT2D eigenvalue weighted by Gasteiger charge is 2.22. The van der Waals surface area contributed by atoms with Crippen molar-refractivity contribution in [2.75, 3.05) is 0 Å². The van der Waals surface area contributed by atoms with E-state index in [9.17, 15) is 0 Å². The highest BCUT2D eigenvalue weighted by molar-refractivity contribution is 7.26. The Labute approximate surface area is 307 Å². The third kappa shape index (κ3) is 4.05. The number of thiophene rings is 1. The van der Waals surface area contributed by atoms with Crippen LogP contribution in [0.3, 0.4) is 0 Å². The van der Waals surface area contributed by atoms with Gasteiger partial charge in [0.05, 0.1) is 33.3 Å². The first kappa shape index (κ1) is 28.8. The summed E-state index contributed by atoms with van der Waals surface area (Å²) in [5.74, 6) is 1.61. The molecule has 0 atom stereocenters. The van der Waals surface area contributed by atoms with Crippen LogP contribution in [0, 0.1) is 0 Å². The number of hydrogen-bond donors (Lipinski definition) is 0. The van der Waals surface area contributed by atoms with Crippen LogP contribution in [0.5, 0.6) is 0 Å². The van der Waals surface area contributed by atoms with Crippen LogP contribution in [0.1, 0.15) is 0 Å². The van der Waals surface area contributed by atoms with E-state index in [1.54, 1.807) is 0 Å². The van der Waals surface area contributed by atoms with Gasteiger partial charge in [0.2, 0.25) is 0 Å². The summed E-state index contributed by atoms with van der Waals surface area (Å²) in [4.78, 5) is 10.3. The van der Waals surface area contributed by atoms with Crippen LogP contribution in [0.2, 0.25) is 0 Å². The maximum absolute atomic E-state index is 5.31. The molecule has 0 fully saturated rings. The van der Waals surface area contributed by atoms with E-state index in [1.165, 1.54) is 69.2 Å². The predicted octanol–water partition coefficient (Wildman–Crippen LogP) is 13.0. The summed E-state index contributed by atoms with van der Waals surface area (Å²) < 4.78 is 7.38. The summed E-state index contributed by atoms with van der Waals surface area (Å²) in [6.45, 7) is 0. The molecule has 0 aliphatic heterocycles. The Hall–Kier alpha value is -6.82. The average molecular weight is 693 g/mol. The fourth-order valence-corrected chi connectivity index (χ4v) is 9.86. The molecule has 5 heteroatoms. The molecule has 12 aromatic rings. The van der Waals surface area contributed by atoms with E-state index in [0.29, 0.717) is 0 Å². The Morgan fingerprint density at radius 2 is 1.11 bits per heavy atom. The van der Waals surface area contributed by atoms with Gasteiger partial charge in [-0.1, -0.05) is 121 Å². The number of hydrogen-bond acceptors (Lipinski definition) is 3. The summed E-state index contributed by atoms with van der Waals surface area (Å²) in [7, 11) is 0. The molecule has 4 heterocycles. The van der Waals surface area contributed by atoms with Crippen LogP contribution in [0.15, 0.2) is 170 Å².